The Hall–Kier alpha value is -1.69. The number of fused-ring (bicyclic) bond motifs is 7. The first kappa shape index (κ1) is 25.9. The summed E-state index contributed by atoms with van der Waals surface area (Å²) in [4.78, 5) is 39.3. The lowest BCUT2D eigenvalue weighted by molar-refractivity contribution is -0.264. The average Bonchev–Trinajstić information content (AvgIpc) is 3.17. The maximum Gasteiger partial charge on any atom is 0.310 e. The maximum absolute atomic E-state index is 13.6. The standard InChI is InChI=1S/C30H44O6/c1-16(2)17-9-12-29(24(33)34)13-14-30(25(35)36)18(22(17)29)7-8-20-27(5)11-10-21(32)26(3,4)23(27)19(31)15-28(20,30)6/h17-20,22-23,31H,1,7-15H2,2-6H3,(H,33,34)(H,35,36)/t17?,18?,19-,20?,22?,23?,27-,28-,29+,30-/m1/s1. The van der Waals surface area contributed by atoms with Gasteiger partial charge in [0.05, 0.1) is 16.9 Å². The number of aliphatic carboxylic acids is 2. The number of aliphatic hydroxyl groups is 1. The molecule has 0 radical (unpaired) electrons. The molecule has 0 spiro atoms. The Morgan fingerprint density at radius 1 is 0.944 bits per heavy atom. The highest BCUT2D eigenvalue weighted by Gasteiger charge is 2.76. The SMILES string of the molecule is C=C(C)C1CC[C@]2(C(=O)O)CC[C@]3(C(=O)O)C(CCC4[C@@]5(C)CCC(=O)C(C)(C)C5[C@H](O)C[C@]43C)C12. The van der Waals surface area contributed by atoms with Crippen molar-refractivity contribution in [3.05, 3.63) is 12.2 Å². The van der Waals surface area contributed by atoms with Crippen molar-refractivity contribution in [1.29, 1.82) is 0 Å². The molecule has 36 heavy (non-hydrogen) atoms. The van der Waals surface area contributed by atoms with E-state index < -0.39 is 39.7 Å². The van der Waals surface area contributed by atoms with Gasteiger partial charge in [-0.05, 0) is 92.8 Å². The Morgan fingerprint density at radius 3 is 2.19 bits per heavy atom. The quantitative estimate of drug-likeness (QED) is 0.452. The fourth-order valence-electron chi connectivity index (χ4n) is 11.6. The number of Topliss-reactive ketones (excluding diaryl/α,β-unsaturated/α-hetero) is 1. The third kappa shape index (κ3) is 2.80. The summed E-state index contributed by atoms with van der Waals surface area (Å²) in [5.74, 6) is -2.08. The molecule has 0 aromatic carbocycles. The largest absolute Gasteiger partial charge is 0.481 e. The summed E-state index contributed by atoms with van der Waals surface area (Å²) in [5, 5.41) is 33.3. The van der Waals surface area contributed by atoms with Crippen molar-refractivity contribution in [3.8, 4) is 0 Å². The van der Waals surface area contributed by atoms with Gasteiger partial charge in [-0.15, -0.1) is 0 Å². The van der Waals surface area contributed by atoms with Crippen LogP contribution in [0.25, 0.3) is 0 Å². The fraction of sp³-hybridized carbons (Fsp3) is 0.833. The zero-order valence-electron chi connectivity index (χ0n) is 22.6. The molecule has 10 atom stereocenters. The van der Waals surface area contributed by atoms with Gasteiger partial charge < -0.3 is 15.3 Å². The Kier molecular flexibility index (Phi) is 5.53. The van der Waals surface area contributed by atoms with E-state index in [-0.39, 0.29) is 40.8 Å². The number of carboxylic acids is 2. The predicted molar refractivity (Wildman–Crippen MR) is 135 cm³/mol. The minimum atomic E-state index is -1.10. The summed E-state index contributed by atoms with van der Waals surface area (Å²) >= 11 is 0. The molecule has 0 aromatic rings. The number of hydrogen-bond acceptors (Lipinski definition) is 4. The van der Waals surface area contributed by atoms with E-state index in [9.17, 15) is 29.7 Å². The third-order valence-electron chi connectivity index (χ3n) is 12.9. The minimum Gasteiger partial charge on any atom is -0.481 e. The van der Waals surface area contributed by atoms with Gasteiger partial charge in [0.2, 0.25) is 0 Å². The van der Waals surface area contributed by atoms with Gasteiger partial charge >= 0.3 is 11.9 Å². The van der Waals surface area contributed by atoms with Gasteiger partial charge in [-0.2, -0.15) is 0 Å². The first-order valence-electron chi connectivity index (χ1n) is 13.9. The van der Waals surface area contributed by atoms with E-state index in [2.05, 4.69) is 20.4 Å². The van der Waals surface area contributed by atoms with Gasteiger partial charge in [0.15, 0.2) is 0 Å². The molecule has 0 saturated heterocycles. The number of rotatable bonds is 3. The lowest BCUT2D eigenvalue weighted by atomic mass is 9.31. The molecular formula is C30H44O6. The molecule has 5 unspecified atom stereocenters. The smallest absolute Gasteiger partial charge is 0.310 e. The van der Waals surface area contributed by atoms with Crippen LogP contribution in [0, 0.1) is 56.7 Å². The fourth-order valence-corrected chi connectivity index (χ4v) is 11.6. The molecule has 5 aliphatic rings. The zero-order chi connectivity index (χ0) is 26.6. The molecule has 5 saturated carbocycles. The Bertz CT molecular complexity index is 1030. The van der Waals surface area contributed by atoms with Crippen LogP contribution in [0.5, 0.6) is 0 Å². The Labute approximate surface area is 214 Å². The summed E-state index contributed by atoms with van der Waals surface area (Å²) in [6.07, 6.45) is 4.24. The number of carbonyl (C=O) groups is 3. The van der Waals surface area contributed by atoms with E-state index in [0.717, 1.165) is 18.4 Å². The van der Waals surface area contributed by atoms with Crippen LogP contribution in [0.1, 0.15) is 92.4 Å². The van der Waals surface area contributed by atoms with Crippen LogP contribution in [0.3, 0.4) is 0 Å². The van der Waals surface area contributed by atoms with Crippen LogP contribution < -0.4 is 0 Å². The molecule has 0 aliphatic heterocycles. The third-order valence-corrected chi connectivity index (χ3v) is 12.9. The lowest BCUT2D eigenvalue weighted by Gasteiger charge is -2.72. The normalized spacial score (nSPS) is 51.3. The van der Waals surface area contributed by atoms with Gasteiger partial charge in [-0.3, -0.25) is 14.4 Å². The van der Waals surface area contributed by atoms with Gasteiger partial charge in [-0.1, -0.05) is 39.8 Å². The van der Waals surface area contributed by atoms with Gasteiger partial charge in [0.1, 0.15) is 5.78 Å². The van der Waals surface area contributed by atoms with Crippen LogP contribution in [0.4, 0.5) is 0 Å². The number of hydrogen-bond donors (Lipinski definition) is 3. The number of carboxylic acid groups (broad SMARTS) is 2. The highest BCUT2D eigenvalue weighted by Crippen LogP contribution is 2.77. The molecule has 6 nitrogen and oxygen atoms in total. The van der Waals surface area contributed by atoms with Gasteiger partial charge in [0, 0.05) is 17.8 Å². The zero-order valence-corrected chi connectivity index (χ0v) is 22.6. The molecular weight excluding hydrogens is 456 g/mol. The van der Waals surface area contributed by atoms with Crippen molar-refractivity contribution in [3.63, 3.8) is 0 Å². The van der Waals surface area contributed by atoms with Crippen LogP contribution in [0.15, 0.2) is 12.2 Å². The molecule has 6 heteroatoms. The average molecular weight is 501 g/mol. The summed E-state index contributed by atoms with van der Waals surface area (Å²) in [7, 11) is 0. The summed E-state index contributed by atoms with van der Waals surface area (Å²) in [6.45, 7) is 14.4. The van der Waals surface area contributed by atoms with Crippen LogP contribution in [-0.4, -0.2) is 39.1 Å². The van der Waals surface area contributed by atoms with E-state index in [4.69, 9.17) is 0 Å². The molecule has 5 fully saturated rings. The van der Waals surface area contributed by atoms with E-state index >= 15 is 0 Å². The minimum absolute atomic E-state index is 0.00774. The first-order valence-corrected chi connectivity index (χ1v) is 13.9. The Balaban J connectivity index is 1.67. The van der Waals surface area contributed by atoms with Crippen molar-refractivity contribution < 1.29 is 29.7 Å². The van der Waals surface area contributed by atoms with Gasteiger partial charge in [-0.25, -0.2) is 0 Å². The van der Waals surface area contributed by atoms with Crippen molar-refractivity contribution in [2.45, 2.75) is 98.5 Å². The predicted octanol–water partition coefficient (Wildman–Crippen LogP) is 5.33. The molecule has 3 N–H and O–H groups in total. The number of allylic oxidation sites excluding steroid dienone is 1. The topological polar surface area (TPSA) is 112 Å². The van der Waals surface area contributed by atoms with Crippen molar-refractivity contribution in [2.24, 2.45) is 56.7 Å². The van der Waals surface area contributed by atoms with Crippen LogP contribution in [-0.2, 0) is 14.4 Å². The van der Waals surface area contributed by atoms with E-state index in [0.29, 0.717) is 44.9 Å². The monoisotopic (exact) mass is 500 g/mol. The molecule has 0 heterocycles. The summed E-state index contributed by atoms with van der Waals surface area (Å²) < 4.78 is 0. The van der Waals surface area contributed by atoms with Crippen LogP contribution >= 0.6 is 0 Å². The summed E-state index contributed by atoms with van der Waals surface area (Å²) in [6, 6.07) is 0. The summed E-state index contributed by atoms with van der Waals surface area (Å²) in [5.41, 5.74) is -2.71. The van der Waals surface area contributed by atoms with Crippen molar-refractivity contribution in [1.82, 2.24) is 0 Å². The highest BCUT2D eigenvalue weighted by atomic mass is 16.4. The van der Waals surface area contributed by atoms with Gasteiger partial charge in [0.25, 0.3) is 0 Å². The highest BCUT2D eigenvalue weighted by molar-refractivity contribution is 5.86. The second-order valence-corrected chi connectivity index (χ2v) is 14.3. The van der Waals surface area contributed by atoms with Crippen molar-refractivity contribution in [2.75, 3.05) is 0 Å². The number of ketones is 1. The number of carbonyl (C=O) groups excluding carboxylic acids is 1. The van der Waals surface area contributed by atoms with Crippen molar-refractivity contribution >= 4 is 17.7 Å². The Morgan fingerprint density at radius 2 is 1.61 bits per heavy atom. The molecule has 0 amide bonds. The maximum atomic E-state index is 13.6. The second kappa shape index (κ2) is 7.68. The molecule has 5 rings (SSSR count). The molecule has 200 valence electrons. The van der Waals surface area contributed by atoms with E-state index in [1.54, 1.807) is 0 Å². The molecule has 5 aliphatic carbocycles. The molecule has 0 aromatic heterocycles. The first-order chi connectivity index (χ1) is 16.6. The molecule has 0 bridgehead atoms. The lowest BCUT2D eigenvalue weighted by Crippen LogP contribution is -2.72. The van der Waals surface area contributed by atoms with E-state index in [1.807, 2.05) is 20.8 Å². The second-order valence-electron chi connectivity index (χ2n) is 14.3. The van der Waals surface area contributed by atoms with E-state index in [1.165, 1.54) is 0 Å². The van der Waals surface area contributed by atoms with Crippen LogP contribution in [0.2, 0.25) is 0 Å². The number of aliphatic hydroxyl groups excluding tert-OH is 1.